The second kappa shape index (κ2) is 9.11. The van der Waals surface area contributed by atoms with Crippen molar-refractivity contribution >= 4 is 23.5 Å². The van der Waals surface area contributed by atoms with E-state index in [4.69, 9.17) is 0 Å². The first kappa shape index (κ1) is 26.6. The van der Waals surface area contributed by atoms with Crippen molar-refractivity contribution in [2.24, 2.45) is 17.8 Å². The average molecular weight is 559 g/mol. The molecule has 2 aromatic rings. The van der Waals surface area contributed by atoms with Gasteiger partial charge >= 0.3 is 6.03 Å². The van der Waals surface area contributed by atoms with Gasteiger partial charge in [0.1, 0.15) is 6.23 Å². The number of piperidine rings is 4. The van der Waals surface area contributed by atoms with E-state index < -0.39 is 23.3 Å². The van der Waals surface area contributed by atoms with Gasteiger partial charge in [0.05, 0.1) is 12.1 Å². The van der Waals surface area contributed by atoms with E-state index in [0.29, 0.717) is 47.9 Å². The number of rotatable bonds is 3. The molecule has 7 aliphatic rings. The van der Waals surface area contributed by atoms with Gasteiger partial charge in [0.25, 0.3) is 0 Å². The Morgan fingerprint density at radius 3 is 2.24 bits per heavy atom. The van der Waals surface area contributed by atoms with Gasteiger partial charge in [-0.1, -0.05) is 62.4 Å². The Morgan fingerprint density at radius 1 is 0.927 bits per heavy atom. The zero-order valence-electron chi connectivity index (χ0n) is 23.7. The molecule has 9 heteroatoms. The van der Waals surface area contributed by atoms with Gasteiger partial charge in [0.15, 0.2) is 5.41 Å². The molecule has 5 saturated heterocycles. The topological polar surface area (TPSA) is 122 Å². The van der Waals surface area contributed by atoms with Crippen LogP contribution in [0.2, 0.25) is 0 Å². The van der Waals surface area contributed by atoms with Gasteiger partial charge in [-0.2, -0.15) is 0 Å². The third-order valence-corrected chi connectivity index (χ3v) is 11.5. The number of para-hydroxylation sites is 1. The molecule has 1 saturated carbocycles. The van der Waals surface area contributed by atoms with Crippen LogP contribution in [-0.2, 0) is 20.4 Å². The van der Waals surface area contributed by atoms with Crippen LogP contribution < -0.4 is 15.5 Å². The van der Waals surface area contributed by atoms with Gasteiger partial charge in [0, 0.05) is 42.1 Å². The molecular weight excluding hydrogens is 520 g/mol. The molecule has 41 heavy (non-hydrogen) atoms. The van der Waals surface area contributed by atoms with Gasteiger partial charge in [-0.15, -0.1) is 0 Å². The third kappa shape index (κ3) is 3.20. The maximum absolute atomic E-state index is 12.0. The highest BCUT2D eigenvalue weighted by molar-refractivity contribution is 6.22. The number of imide groups is 2. The van der Waals surface area contributed by atoms with Gasteiger partial charge in [-0.05, 0) is 48.8 Å². The summed E-state index contributed by atoms with van der Waals surface area (Å²) in [5.41, 5.74) is 1.79. The molecule has 6 heterocycles. The maximum atomic E-state index is 12.0. The summed E-state index contributed by atoms with van der Waals surface area (Å²) >= 11 is 0. The molecule has 10 atom stereocenters. The fourth-order valence-electron chi connectivity index (χ4n) is 9.94. The molecule has 2 aromatic carbocycles. The summed E-state index contributed by atoms with van der Waals surface area (Å²) in [6.45, 7) is 3.93. The van der Waals surface area contributed by atoms with Crippen molar-refractivity contribution in [1.82, 2.24) is 15.5 Å². The third-order valence-electron chi connectivity index (χ3n) is 11.5. The van der Waals surface area contributed by atoms with Crippen LogP contribution in [0, 0.1) is 17.8 Å². The first-order valence-electron chi connectivity index (χ1n) is 14.9. The molecule has 9 nitrogen and oxygen atoms in total. The predicted molar refractivity (Wildman–Crippen MR) is 152 cm³/mol. The highest BCUT2D eigenvalue weighted by atomic mass is 16.3. The molecule has 6 aliphatic heterocycles. The van der Waals surface area contributed by atoms with E-state index in [2.05, 4.69) is 58.7 Å². The Labute approximate surface area is 239 Å². The van der Waals surface area contributed by atoms with Crippen LogP contribution in [0.3, 0.4) is 0 Å². The number of anilines is 1. The first-order valence-corrected chi connectivity index (χ1v) is 14.9. The number of amides is 4. The summed E-state index contributed by atoms with van der Waals surface area (Å²) in [6.07, 6.45) is 2.85. The van der Waals surface area contributed by atoms with Crippen molar-refractivity contribution in [2.45, 2.75) is 80.8 Å². The predicted octanol–water partition coefficient (Wildman–Crippen LogP) is 2.25. The Kier molecular flexibility index (Phi) is 5.92. The molecule has 0 aromatic heterocycles. The van der Waals surface area contributed by atoms with Crippen molar-refractivity contribution in [2.75, 3.05) is 11.9 Å². The lowest BCUT2D eigenvalue weighted by Gasteiger charge is -2.62. The number of carbonyl (C=O) groups excluding carboxylic acids is 3. The molecule has 5 bridgehead atoms. The van der Waals surface area contributed by atoms with Gasteiger partial charge < -0.3 is 15.1 Å². The minimum atomic E-state index is -1.31. The number of aliphatic hydroxyl groups excluding tert-OH is 2. The number of barbiturate groups is 1. The van der Waals surface area contributed by atoms with E-state index in [1.165, 1.54) is 11.3 Å². The Morgan fingerprint density at radius 2 is 1.59 bits per heavy atom. The number of hydrogen-bond acceptors (Lipinski definition) is 7. The fraction of sp³-hybridized carbons (Fsp3) is 0.531. The average Bonchev–Trinajstić information content (AvgIpc) is 3.36. The summed E-state index contributed by atoms with van der Waals surface area (Å²) in [7, 11) is 2.19. The summed E-state index contributed by atoms with van der Waals surface area (Å²) in [4.78, 5) is 39.8. The number of likely N-dealkylation sites (N-methyl/N-ethyl adjacent to an activating group) is 1. The van der Waals surface area contributed by atoms with Crippen molar-refractivity contribution in [3.05, 3.63) is 65.7 Å². The quantitative estimate of drug-likeness (QED) is 0.427. The molecule has 216 valence electrons. The lowest BCUT2D eigenvalue weighted by Crippen LogP contribution is -2.72. The molecule has 9 rings (SSSR count). The van der Waals surface area contributed by atoms with Crippen molar-refractivity contribution in [1.29, 1.82) is 0 Å². The van der Waals surface area contributed by atoms with E-state index >= 15 is 0 Å². The van der Waals surface area contributed by atoms with E-state index in [-0.39, 0.29) is 17.7 Å². The number of nitrogens with one attached hydrogen (secondary N) is 2. The largest absolute Gasteiger partial charge is 0.392 e. The summed E-state index contributed by atoms with van der Waals surface area (Å²) in [6, 6.07) is 17.7. The van der Waals surface area contributed by atoms with Crippen LogP contribution in [0.4, 0.5) is 10.5 Å². The summed E-state index contributed by atoms with van der Waals surface area (Å²) in [5.74, 6) is -0.00345. The van der Waals surface area contributed by atoms with Crippen LogP contribution in [0.15, 0.2) is 54.6 Å². The zero-order valence-corrected chi connectivity index (χ0v) is 23.7. The second-order valence-corrected chi connectivity index (χ2v) is 12.7. The van der Waals surface area contributed by atoms with Gasteiger partial charge in [-0.25, -0.2) is 4.79 Å². The number of nitrogens with zero attached hydrogens (tertiary/aromatic N) is 2. The Balaban J connectivity index is 0.000000144. The number of carbonyl (C=O) groups is 3. The number of aliphatic hydroxyl groups is 2. The lowest BCUT2D eigenvalue weighted by atomic mass is 9.62. The van der Waals surface area contributed by atoms with Crippen LogP contribution in [0.5, 0.6) is 0 Å². The smallest absolute Gasteiger partial charge is 0.328 e. The molecule has 0 radical (unpaired) electrons. The molecule has 1 spiro atoms. The molecular formula is C32H38N4O5. The van der Waals surface area contributed by atoms with E-state index in [9.17, 15) is 24.6 Å². The van der Waals surface area contributed by atoms with Gasteiger partial charge in [-0.3, -0.25) is 25.1 Å². The molecule has 1 aliphatic carbocycles. The normalized spacial score (nSPS) is 40.4. The minimum absolute atomic E-state index is 0.126. The number of benzene rings is 2. The second-order valence-electron chi connectivity index (χ2n) is 12.7. The maximum Gasteiger partial charge on any atom is 0.328 e. The van der Waals surface area contributed by atoms with E-state index in [1.807, 2.05) is 0 Å². The Hall–Kier alpha value is -3.27. The number of urea groups is 1. The Bertz CT molecular complexity index is 1400. The highest BCUT2D eigenvalue weighted by Crippen LogP contribution is 2.68. The molecule has 4 amide bonds. The van der Waals surface area contributed by atoms with Crippen LogP contribution in [0.25, 0.3) is 0 Å². The summed E-state index contributed by atoms with van der Waals surface area (Å²) < 4.78 is 0. The SMILES string of the molecule is CCC1(c2ccccc2)C(=O)NC(=O)NC1=O.CC[C@H]1[C@@H]2C[C@H]3[C@@H]4N(C)c5ccccc5[C@]45C[C@@H](C2[C@H]5O)N3[C@@H]1O. The minimum Gasteiger partial charge on any atom is -0.392 e. The lowest BCUT2D eigenvalue weighted by molar-refractivity contribution is -0.211. The number of fused-ring (bicyclic) bond motifs is 2. The van der Waals surface area contributed by atoms with Crippen LogP contribution >= 0.6 is 0 Å². The van der Waals surface area contributed by atoms with E-state index in [1.54, 1.807) is 37.3 Å². The first-order chi connectivity index (χ1) is 19.7. The fourth-order valence-corrected chi connectivity index (χ4v) is 9.94. The van der Waals surface area contributed by atoms with Crippen molar-refractivity contribution in [3.63, 3.8) is 0 Å². The monoisotopic (exact) mass is 558 g/mol. The molecule has 2 unspecified atom stereocenters. The van der Waals surface area contributed by atoms with Crippen LogP contribution in [0.1, 0.15) is 50.7 Å². The zero-order chi connectivity index (χ0) is 28.8. The van der Waals surface area contributed by atoms with Crippen LogP contribution in [-0.4, -0.2) is 70.5 Å². The van der Waals surface area contributed by atoms with Gasteiger partial charge in [0.2, 0.25) is 11.8 Å². The number of hydrogen-bond donors (Lipinski definition) is 4. The molecule has 4 N–H and O–H groups in total. The van der Waals surface area contributed by atoms with E-state index in [0.717, 1.165) is 19.3 Å². The summed E-state index contributed by atoms with van der Waals surface area (Å²) in [5, 5.41) is 26.9. The standard InChI is InChI=1S/C20H26N2O2.C12H12N2O3/c1-3-10-11-8-14-17-20(12-6-4-5-7-13(12)21(17)2)9-15(16(11)18(20)23)22(14)19(10)24;1-2-12(8-6-4-3-5-7-8)9(15)13-11(17)14-10(12)16/h4-7,10-11,14-19,23-24H,3,8-9H2,1-2H3;3-7H,2H2,1H3,(H2,13,14,15,16,17)/t10-,11-,14-,15-,16?,17-,18+,19+,20+;/m0./s1. The van der Waals surface area contributed by atoms with Crippen molar-refractivity contribution in [3.8, 4) is 0 Å². The highest BCUT2D eigenvalue weighted by Gasteiger charge is 2.76. The molecule has 6 fully saturated rings. The van der Waals surface area contributed by atoms with Crippen molar-refractivity contribution < 1.29 is 24.6 Å².